The Bertz CT molecular complexity index is 646. The molecule has 3 rings (SSSR count). The van der Waals surface area contributed by atoms with E-state index in [1.165, 1.54) is 4.91 Å². The minimum absolute atomic E-state index is 0.913. The van der Waals surface area contributed by atoms with Gasteiger partial charge in [-0.25, -0.2) is 4.68 Å². The molecule has 1 aliphatic heterocycles. The van der Waals surface area contributed by atoms with Gasteiger partial charge < -0.3 is 4.90 Å². The van der Waals surface area contributed by atoms with Crippen molar-refractivity contribution in [1.29, 1.82) is 0 Å². The Morgan fingerprint density at radius 1 is 1.35 bits per heavy atom. The summed E-state index contributed by atoms with van der Waals surface area (Å²) >= 11 is 7.02. The number of benzene rings is 1. The van der Waals surface area contributed by atoms with Crippen molar-refractivity contribution in [1.82, 2.24) is 14.7 Å². The summed E-state index contributed by atoms with van der Waals surface area (Å²) < 4.78 is 2.86. The lowest BCUT2D eigenvalue weighted by Crippen LogP contribution is -2.21. The molecule has 1 saturated heterocycles. The van der Waals surface area contributed by atoms with Gasteiger partial charge in [0.1, 0.15) is 4.32 Å². The number of hydrogen-bond acceptors (Lipinski definition) is 3. The van der Waals surface area contributed by atoms with E-state index in [9.17, 15) is 0 Å². The Hall–Kier alpha value is -1.59. The van der Waals surface area contributed by atoms with Gasteiger partial charge in [-0.2, -0.15) is 5.10 Å². The highest BCUT2D eigenvalue weighted by atomic mass is 32.2. The average molecular weight is 301 g/mol. The monoisotopic (exact) mass is 301 g/mol. The molecule has 1 aromatic carbocycles. The summed E-state index contributed by atoms with van der Waals surface area (Å²) in [5.41, 5.74) is 2.18. The van der Waals surface area contributed by atoms with Gasteiger partial charge in [0.15, 0.2) is 0 Å². The predicted molar refractivity (Wildman–Crippen MR) is 89.0 cm³/mol. The number of thiocarbonyl (C=S) groups is 1. The maximum Gasteiger partial charge on any atom is 0.141 e. The summed E-state index contributed by atoms with van der Waals surface area (Å²) in [6.45, 7) is 4.01. The van der Waals surface area contributed by atoms with Gasteiger partial charge in [0.2, 0.25) is 0 Å². The SMILES string of the molecule is CCN1C/C(=C/c2cnn(-c3ccccc3)c2)SC1=S. The van der Waals surface area contributed by atoms with Crippen LogP contribution in [0.3, 0.4) is 0 Å². The van der Waals surface area contributed by atoms with E-state index in [1.807, 2.05) is 47.4 Å². The highest BCUT2D eigenvalue weighted by molar-refractivity contribution is 8.25. The number of aromatic nitrogens is 2. The van der Waals surface area contributed by atoms with Crippen molar-refractivity contribution in [3.63, 3.8) is 0 Å². The van der Waals surface area contributed by atoms with Crippen molar-refractivity contribution in [3.05, 3.63) is 53.2 Å². The van der Waals surface area contributed by atoms with Crippen molar-refractivity contribution in [2.75, 3.05) is 13.1 Å². The molecule has 0 atom stereocenters. The molecule has 0 saturated carbocycles. The minimum Gasteiger partial charge on any atom is -0.353 e. The van der Waals surface area contributed by atoms with Crippen molar-refractivity contribution >= 4 is 34.4 Å². The van der Waals surface area contributed by atoms with E-state index in [0.717, 1.165) is 28.7 Å². The molecule has 1 fully saturated rings. The largest absolute Gasteiger partial charge is 0.353 e. The number of para-hydroxylation sites is 1. The molecule has 102 valence electrons. The molecule has 1 aliphatic rings. The molecule has 3 nitrogen and oxygen atoms in total. The highest BCUT2D eigenvalue weighted by Crippen LogP contribution is 2.30. The van der Waals surface area contributed by atoms with E-state index in [1.54, 1.807) is 11.8 Å². The van der Waals surface area contributed by atoms with Crippen LogP contribution < -0.4 is 0 Å². The Balaban J connectivity index is 1.80. The molecule has 0 aliphatic carbocycles. The lowest BCUT2D eigenvalue weighted by Gasteiger charge is -2.11. The third-order valence-corrected chi connectivity index (χ3v) is 4.61. The second-order valence-electron chi connectivity index (χ2n) is 4.55. The zero-order valence-electron chi connectivity index (χ0n) is 11.2. The first-order valence-electron chi connectivity index (χ1n) is 6.53. The zero-order chi connectivity index (χ0) is 13.9. The fourth-order valence-corrected chi connectivity index (χ4v) is 3.57. The molecule has 0 amide bonds. The van der Waals surface area contributed by atoms with Crippen LogP contribution in [0, 0.1) is 0 Å². The highest BCUT2D eigenvalue weighted by Gasteiger charge is 2.20. The molecule has 0 spiro atoms. The fourth-order valence-electron chi connectivity index (χ4n) is 2.10. The van der Waals surface area contributed by atoms with Gasteiger partial charge >= 0.3 is 0 Å². The summed E-state index contributed by atoms with van der Waals surface area (Å²) in [6.07, 6.45) is 6.10. The quantitative estimate of drug-likeness (QED) is 0.808. The lowest BCUT2D eigenvalue weighted by molar-refractivity contribution is 0.511. The van der Waals surface area contributed by atoms with Crippen molar-refractivity contribution in [2.45, 2.75) is 6.92 Å². The van der Waals surface area contributed by atoms with Crippen molar-refractivity contribution < 1.29 is 0 Å². The molecule has 0 unspecified atom stereocenters. The number of rotatable bonds is 3. The third-order valence-electron chi connectivity index (χ3n) is 3.16. The number of likely N-dealkylation sites (N-methyl/N-ethyl adjacent to an activating group) is 1. The van der Waals surface area contributed by atoms with E-state index in [4.69, 9.17) is 12.2 Å². The molecule has 2 aromatic rings. The van der Waals surface area contributed by atoms with E-state index in [0.29, 0.717) is 0 Å². The van der Waals surface area contributed by atoms with Gasteiger partial charge in [0, 0.05) is 23.2 Å². The Morgan fingerprint density at radius 2 is 2.15 bits per heavy atom. The van der Waals surface area contributed by atoms with Crippen LogP contribution in [0.25, 0.3) is 11.8 Å². The second-order valence-corrected chi connectivity index (χ2v) is 6.31. The maximum atomic E-state index is 5.34. The van der Waals surface area contributed by atoms with Crippen LogP contribution >= 0.6 is 24.0 Å². The van der Waals surface area contributed by atoms with E-state index >= 15 is 0 Å². The van der Waals surface area contributed by atoms with E-state index in [2.05, 4.69) is 23.0 Å². The molecule has 0 bridgehead atoms. The van der Waals surface area contributed by atoms with Gasteiger partial charge in [0.05, 0.1) is 18.4 Å². The molecule has 0 radical (unpaired) electrons. The normalized spacial score (nSPS) is 17.1. The number of nitrogens with zero attached hydrogens (tertiary/aromatic N) is 3. The van der Waals surface area contributed by atoms with Crippen molar-refractivity contribution in [3.8, 4) is 5.69 Å². The summed E-state index contributed by atoms with van der Waals surface area (Å²) in [4.78, 5) is 3.48. The molecule has 5 heteroatoms. The maximum absolute atomic E-state index is 5.34. The molecular formula is C15H15N3S2. The molecule has 0 N–H and O–H groups in total. The number of thioether (sulfide) groups is 1. The first-order valence-corrected chi connectivity index (χ1v) is 7.76. The summed E-state index contributed by atoms with van der Waals surface area (Å²) in [5.74, 6) is 0. The van der Waals surface area contributed by atoms with Crippen LogP contribution in [-0.2, 0) is 0 Å². The van der Waals surface area contributed by atoms with Gasteiger partial charge in [-0.15, -0.1) is 0 Å². The summed E-state index contributed by atoms with van der Waals surface area (Å²) in [6, 6.07) is 10.1. The molecule has 1 aromatic heterocycles. The van der Waals surface area contributed by atoms with Crippen LogP contribution in [-0.4, -0.2) is 32.1 Å². The average Bonchev–Trinajstić information content (AvgIpc) is 3.07. The van der Waals surface area contributed by atoms with Crippen LogP contribution in [0.4, 0.5) is 0 Å². The molecule has 20 heavy (non-hydrogen) atoms. The van der Waals surface area contributed by atoms with Crippen LogP contribution in [0.1, 0.15) is 12.5 Å². The van der Waals surface area contributed by atoms with Gasteiger partial charge in [-0.3, -0.25) is 0 Å². The Labute approximate surface area is 128 Å². The van der Waals surface area contributed by atoms with Crippen LogP contribution in [0.15, 0.2) is 47.6 Å². The second kappa shape index (κ2) is 5.81. The van der Waals surface area contributed by atoms with Crippen molar-refractivity contribution in [2.24, 2.45) is 0 Å². The first-order chi connectivity index (χ1) is 9.76. The molecule has 2 heterocycles. The smallest absolute Gasteiger partial charge is 0.141 e. The van der Waals surface area contributed by atoms with Gasteiger partial charge in [0.25, 0.3) is 0 Å². The third kappa shape index (κ3) is 2.78. The summed E-state index contributed by atoms with van der Waals surface area (Å²) in [5, 5.41) is 4.40. The lowest BCUT2D eigenvalue weighted by atomic mass is 10.3. The van der Waals surface area contributed by atoms with Crippen LogP contribution in [0.5, 0.6) is 0 Å². The summed E-state index contributed by atoms with van der Waals surface area (Å²) in [7, 11) is 0. The van der Waals surface area contributed by atoms with Gasteiger partial charge in [-0.1, -0.05) is 42.2 Å². The Morgan fingerprint density at radius 3 is 2.85 bits per heavy atom. The standard InChI is InChI=1S/C15H15N3S2/c1-2-17-11-14(20-15(17)19)8-12-9-16-18(10-12)13-6-4-3-5-7-13/h3-10H,2,11H2,1H3/b14-8-. The van der Waals surface area contributed by atoms with E-state index in [-0.39, 0.29) is 0 Å². The topological polar surface area (TPSA) is 21.1 Å². The number of hydrogen-bond donors (Lipinski definition) is 0. The Kier molecular flexibility index (Phi) is 3.89. The minimum atomic E-state index is 0.913. The first kappa shape index (κ1) is 13.4. The van der Waals surface area contributed by atoms with Crippen LogP contribution in [0.2, 0.25) is 0 Å². The zero-order valence-corrected chi connectivity index (χ0v) is 12.8. The molecular weight excluding hydrogens is 286 g/mol. The van der Waals surface area contributed by atoms with E-state index < -0.39 is 0 Å². The van der Waals surface area contributed by atoms with Gasteiger partial charge in [-0.05, 0) is 25.1 Å². The predicted octanol–water partition coefficient (Wildman–Crippen LogP) is 3.57. The fraction of sp³-hybridized carbons (Fsp3) is 0.200.